The van der Waals surface area contributed by atoms with Gasteiger partial charge in [-0.2, -0.15) is 11.8 Å². The Balaban J connectivity index is 1.80. The highest BCUT2D eigenvalue weighted by Gasteiger charge is 2.29. The van der Waals surface area contributed by atoms with E-state index in [2.05, 4.69) is 24.3 Å². The summed E-state index contributed by atoms with van der Waals surface area (Å²) in [5.41, 5.74) is 3.85. The average Bonchev–Trinajstić information content (AvgIpc) is 2.91. The minimum Gasteiger partial charge on any atom is -0.496 e. The number of ether oxygens (including phenoxy) is 2. The first kappa shape index (κ1) is 28.4. The standard InChI is InChI=1S/C28H36N2O6S/c1-17(2)21-15-23(34-3)25(24(16-21)35-4)19-8-6-18(7-9-19)14-22(28(32)33)29-27(31)26(30-36-5)20-10-12-37-13-11-20/h6-9,15-17,20,22H,10-14H2,1-5H3,(H,29,31)(H,32,33)/t22-/m0/s1. The van der Waals surface area contributed by atoms with Gasteiger partial charge in [-0.15, -0.1) is 0 Å². The van der Waals surface area contributed by atoms with E-state index in [0.717, 1.165) is 46.6 Å². The molecule has 0 saturated carbocycles. The van der Waals surface area contributed by atoms with Crippen LogP contribution in [0, 0.1) is 5.92 Å². The molecule has 37 heavy (non-hydrogen) atoms. The molecule has 1 heterocycles. The van der Waals surface area contributed by atoms with Crippen LogP contribution in [0.1, 0.15) is 43.7 Å². The first-order chi connectivity index (χ1) is 17.8. The molecule has 0 unspecified atom stereocenters. The van der Waals surface area contributed by atoms with Crippen LogP contribution >= 0.6 is 11.8 Å². The SMILES string of the molecule is CON=C(C(=O)N[C@@H](Cc1ccc(-c2c(OC)cc(C(C)C)cc2OC)cc1)C(=O)O)C1CCSCC1. The normalized spacial score (nSPS) is 15.2. The molecule has 0 spiro atoms. The van der Waals surface area contributed by atoms with E-state index in [4.69, 9.17) is 14.3 Å². The van der Waals surface area contributed by atoms with Gasteiger partial charge in [0, 0.05) is 12.3 Å². The molecule has 0 aromatic heterocycles. The number of carbonyl (C=O) groups is 2. The van der Waals surface area contributed by atoms with E-state index in [0.29, 0.717) is 17.4 Å². The predicted molar refractivity (Wildman–Crippen MR) is 147 cm³/mol. The zero-order valence-corrected chi connectivity index (χ0v) is 22.9. The first-order valence-electron chi connectivity index (χ1n) is 12.4. The quantitative estimate of drug-likeness (QED) is 0.320. The lowest BCUT2D eigenvalue weighted by molar-refractivity contribution is -0.141. The maximum Gasteiger partial charge on any atom is 0.326 e. The van der Waals surface area contributed by atoms with Crippen LogP contribution in [0.25, 0.3) is 11.1 Å². The summed E-state index contributed by atoms with van der Waals surface area (Å²) in [5, 5.41) is 16.4. The zero-order chi connectivity index (χ0) is 26.9. The Morgan fingerprint density at radius 3 is 2.14 bits per heavy atom. The second-order valence-electron chi connectivity index (χ2n) is 9.27. The van der Waals surface area contributed by atoms with Crippen molar-refractivity contribution >= 4 is 29.4 Å². The summed E-state index contributed by atoms with van der Waals surface area (Å²) in [5.74, 6) is 1.95. The van der Waals surface area contributed by atoms with Crippen LogP contribution in [0.4, 0.5) is 0 Å². The third-order valence-corrected chi connectivity index (χ3v) is 7.56. The number of thioether (sulfide) groups is 1. The van der Waals surface area contributed by atoms with Gasteiger partial charge in [-0.05, 0) is 59.1 Å². The second-order valence-corrected chi connectivity index (χ2v) is 10.5. The number of nitrogens with one attached hydrogen (secondary N) is 1. The summed E-state index contributed by atoms with van der Waals surface area (Å²) in [6, 6.07) is 10.4. The molecule has 2 aromatic carbocycles. The Morgan fingerprint density at radius 1 is 1.05 bits per heavy atom. The molecule has 9 heteroatoms. The summed E-state index contributed by atoms with van der Waals surface area (Å²) < 4.78 is 11.3. The number of carbonyl (C=O) groups excluding carboxylic acids is 1. The summed E-state index contributed by atoms with van der Waals surface area (Å²) in [6.45, 7) is 4.22. The monoisotopic (exact) mass is 528 g/mol. The van der Waals surface area contributed by atoms with Gasteiger partial charge in [-0.3, -0.25) is 4.79 Å². The highest BCUT2D eigenvalue weighted by molar-refractivity contribution is 7.99. The number of rotatable bonds is 11. The summed E-state index contributed by atoms with van der Waals surface area (Å²) in [7, 11) is 4.65. The molecule has 1 saturated heterocycles. The number of hydrogen-bond acceptors (Lipinski definition) is 7. The van der Waals surface area contributed by atoms with Gasteiger partial charge in [0.15, 0.2) is 0 Å². The maximum atomic E-state index is 13.0. The zero-order valence-electron chi connectivity index (χ0n) is 22.1. The van der Waals surface area contributed by atoms with Crippen LogP contribution in [0.2, 0.25) is 0 Å². The van der Waals surface area contributed by atoms with E-state index in [1.54, 1.807) is 14.2 Å². The molecular formula is C28H36N2O6S. The second kappa shape index (κ2) is 13.4. The molecule has 0 bridgehead atoms. The Labute approximate surface area is 222 Å². The van der Waals surface area contributed by atoms with Crippen molar-refractivity contribution in [1.82, 2.24) is 5.32 Å². The first-order valence-corrected chi connectivity index (χ1v) is 13.5. The molecule has 1 atom stereocenters. The molecule has 1 aliphatic rings. The molecule has 1 amide bonds. The molecule has 2 aromatic rings. The van der Waals surface area contributed by atoms with Gasteiger partial charge in [0.05, 0.1) is 19.8 Å². The van der Waals surface area contributed by atoms with Crippen molar-refractivity contribution in [3.8, 4) is 22.6 Å². The Hall–Kier alpha value is -3.20. The fourth-order valence-corrected chi connectivity index (χ4v) is 5.50. The highest BCUT2D eigenvalue weighted by Crippen LogP contribution is 2.41. The fraction of sp³-hybridized carbons (Fsp3) is 0.464. The smallest absolute Gasteiger partial charge is 0.326 e. The van der Waals surface area contributed by atoms with E-state index in [9.17, 15) is 14.7 Å². The van der Waals surface area contributed by atoms with Crippen LogP contribution in [0.3, 0.4) is 0 Å². The third-order valence-electron chi connectivity index (χ3n) is 6.51. The van der Waals surface area contributed by atoms with Crippen molar-refractivity contribution in [2.24, 2.45) is 11.1 Å². The van der Waals surface area contributed by atoms with Gasteiger partial charge in [-0.1, -0.05) is 43.3 Å². The molecule has 8 nitrogen and oxygen atoms in total. The van der Waals surface area contributed by atoms with Crippen molar-refractivity contribution in [2.75, 3.05) is 32.8 Å². The van der Waals surface area contributed by atoms with E-state index >= 15 is 0 Å². The van der Waals surface area contributed by atoms with Gasteiger partial charge in [0.2, 0.25) is 0 Å². The van der Waals surface area contributed by atoms with Crippen LogP contribution in [-0.2, 0) is 20.8 Å². The maximum absolute atomic E-state index is 13.0. The van der Waals surface area contributed by atoms with Crippen molar-refractivity contribution < 1.29 is 29.0 Å². The topological polar surface area (TPSA) is 106 Å². The molecule has 1 fully saturated rings. The van der Waals surface area contributed by atoms with Gasteiger partial charge in [-0.25, -0.2) is 4.79 Å². The summed E-state index contributed by atoms with van der Waals surface area (Å²) >= 11 is 1.83. The lowest BCUT2D eigenvalue weighted by atomic mass is 9.94. The Morgan fingerprint density at radius 2 is 1.65 bits per heavy atom. The van der Waals surface area contributed by atoms with Gasteiger partial charge < -0.3 is 24.7 Å². The van der Waals surface area contributed by atoms with E-state index in [1.807, 2.05) is 48.2 Å². The Bertz CT molecular complexity index is 1090. The number of carboxylic acid groups (broad SMARTS) is 1. The van der Waals surface area contributed by atoms with Crippen molar-refractivity contribution in [3.63, 3.8) is 0 Å². The molecular weight excluding hydrogens is 492 g/mol. The minimum atomic E-state index is -1.11. The molecule has 1 aliphatic heterocycles. The number of aliphatic carboxylic acids is 1. The lowest BCUT2D eigenvalue weighted by Gasteiger charge is -2.23. The predicted octanol–water partition coefficient (Wildman–Crippen LogP) is 4.75. The number of methoxy groups -OCH3 is 2. The van der Waals surface area contributed by atoms with Gasteiger partial charge in [0.1, 0.15) is 30.4 Å². The van der Waals surface area contributed by atoms with E-state index in [-0.39, 0.29) is 18.1 Å². The minimum absolute atomic E-state index is 0.0398. The number of benzene rings is 2. The molecule has 0 radical (unpaired) electrons. The van der Waals surface area contributed by atoms with Crippen LogP contribution in [0.5, 0.6) is 11.5 Å². The highest BCUT2D eigenvalue weighted by atomic mass is 32.2. The average molecular weight is 529 g/mol. The van der Waals surface area contributed by atoms with Crippen molar-refractivity contribution in [3.05, 3.63) is 47.5 Å². The molecule has 2 N–H and O–H groups in total. The molecule has 0 aliphatic carbocycles. The Kier molecular flexibility index (Phi) is 10.3. The van der Waals surface area contributed by atoms with Crippen molar-refractivity contribution in [2.45, 2.75) is 45.1 Å². The van der Waals surface area contributed by atoms with Gasteiger partial charge in [0.25, 0.3) is 5.91 Å². The fourth-order valence-electron chi connectivity index (χ4n) is 4.40. The third kappa shape index (κ3) is 7.19. The van der Waals surface area contributed by atoms with Crippen LogP contribution in [0.15, 0.2) is 41.6 Å². The summed E-state index contributed by atoms with van der Waals surface area (Å²) in [4.78, 5) is 29.9. The van der Waals surface area contributed by atoms with Crippen molar-refractivity contribution in [1.29, 1.82) is 0 Å². The number of amides is 1. The van der Waals surface area contributed by atoms with Crippen LogP contribution < -0.4 is 14.8 Å². The molecule has 200 valence electrons. The van der Waals surface area contributed by atoms with Crippen LogP contribution in [-0.4, -0.2) is 61.6 Å². The summed E-state index contributed by atoms with van der Waals surface area (Å²) in [6.07, 6.45) is 1.75. The van der Waals surface area contributed by atoms with E-state index in [1.165, 1.54) is 7.11 Å². The largest absolute Gasteiger partial charge is 0.496 e. The number of oxime groups is 1. The number of carboxylic acids is 1. The molecule has 3 rings (SSSR count). The number of nitrogens with zero attached hydrogens (tertiary/aromatic N) is 1. The lowest BCUT2D eigenvalue weighted by Crippen LogP contribution is -2.47. The van der Waals surface area contributed by atoms with Gasteiger partial charge >= 0.3 is 5.97 Å². The number of hydrogen-bond donors (Lipinski definition) is 2. The van der Waals surface area contributed by atoms with E-state index < -0.39 is 17.9 Å².